The number of rotatable bonds is 5. The van der Waals surface area contributed by atoms with Gasteiger partial charge in [0.1, 0.15) is 0 Å². The standard InChI is InChI=1S/C18H32N2O/c21-18(10-9-16-5-2-1-3-6-16)20-12-4-11-19(13-14-20)15-17-7-8-17/h16-17H,1-15H2. The highest BCUT2D eigenvalue weighted by Crippen LogP contribution is 2.30. The van der Waals surface area contributed by atoms with Gasteiger partial charge in [-0.1, -0.05) is 32.1 Å². The molecule has 1 amide bonds. The molecule has 0 aromatic carbocycles. The van der Waals surface area contributed by atoms with Crippen molar-refractivity contribution in [2.45, 2.75) is 64.2 Å². The number of nitrogens with zero attached hydrogens (tertiary/aromatic N) is 2. The first-order chi connectivity index (χ1) is 10.3. The van der Waals surface area contributed by atoms with Gasteiger partial charge in [0.15, 0.2) is 0 Å². The third-order valence-electron chi connectivity index (χ3n) is 5.65. The van der Waals surface area contributed by atoms with Gasteiger partial charge < -0.3 is 9.80 Å². The van der Waals surface area contributed by atoms with Crippen LogP contribution in [0.4, 0.5) is 0 Å². The Bertz CT molecular complexity index is 334. The van der Waals surface area contributed by atoms with E-state index < -0.39 is 0 Å². The maximum atomic E-state index is 12.4. The zero-order valence-electron chi connectivity index (χ0n) is 13.6. The maximum Gasteiger partial charge on any atom is 0.222 e. The first kappa shape index (κ1) is 15.3. The van der Waals surface area contributed by atoms with Crippen LogP contribution in [-0.4, -0.2) is 48.4 Å². The van der Waals surface area contributed by atoms with E-state index in [1.54, 1.807) is 0 Å². The second-order valence-corrected chi connectivity index (χ2v) is 7.52. The predicted molar refractivity (Wildman–Crippen MR) is 86.2 cm³/mol. The van der Waals surface area contributed by atoms with Gasteiger partial charge in [-0.25, -0.2) is 0 Å². The van der Waals surface area contributed by atoms with E-state index in [4.69, 9.17) is 0 Å². The Morgan fingerprint density at radius 2 is 1.62 bits per heavy atom. The number of carbonyl (C=O) groups excluding carboxylic acids is 1. The highest BCUT2D eigenvalue weighted by molar-refractivity contribution is 5.76. The van der Waals surface area contributed by atoms with E-state index >= 15 is 0 Å². The molecular weight excluding hydrogens is 260 g/mol. The van der Waals surface area contributed by atoms with Gasteiger partial charge in [0.25, 0.3) is 0 Å². The van der Waals surface area contributed by atoms with Crippen LogP contribution in [0.3, 0.4) is 0 Å². The van der Waals surface area contributed by atoms with E-state index in [0.717, 1.165) is 44.3 Å². The van der Waals surface area contributed by atoms with E-state index in [2.05, 4.69) is 9.80 Å². The number of hydrogen-bond donors (Lipinski definition) is 0. The van der Waals surface area contributed by atoms with Gasteiger partial charge in [0.05, 0.1) is 0 Å². The fourth-order valence-corrected chi connectivity index (χ4v) is 4.03. The van der Waals surface area contributed by atoms with Gasteiger partial charge in [-0.15, -0.1) is 0 Å². The van der Waals surface area contributed by atoms with Crippen LogP contribution in [0.2, 0.25) is 0 Å². The molecule has 3 fully saturated rings. The fourth-order valence-electron chi connectivity index (χ4n) is 4.03. The van der Waals surface area contributed by atoms with E-state index in [1.165, 1.54) is 64.5 Å². The first-order valence-corrected chi connectivity index (χ1v) is 9.31. The van der Waals surface area contributed by atoms with Crippen LogP contribution in [0.5, 0.6) is 0 Å². The molecule has 2 aliphatic carbocycles. The Kier molecular flexibility index (Phi) is 5.56. The van der Waals surface area contributed by atoms with Crippen molar-refractivity contribution < 1.29 is 4.79 Å². The molecule has 0 atom stereocenters. The lowest BCUT2D eigenvalue weighted by Gasteiger charge is -2.24. The third kappa shape index (κ3) is 4.98. The zero-order chi connectivity index (χ0) is 14.5. The molecule has 0 aromatic heterocycles. The Morgan fingerprint density at radius 3 is 2.38 bits per heavy atom. The topological polar surface area (TPSA) is 23.6 Å². The summed E-state index contributed by atoms with van der Waals surface area (Å²) in [5.41, 5.74) is 0. The minimum absolute atomic E-state index is 0.425. The average molecular weight is 292 g/mol. The molecule has 3 nitrogen and oxygen atoms in total. The Hall–Kier alpha value is -0.570. The molecule has 120 valence electrons. The van der Waals surface area contributed by atoms with Crippen LogP contribution < -0.4 is 0 Å². The Morgan fingerprint density at radius 1 is 0.810 bits per heavy atom. The molecule has 0 aromatic rings. The summed E-state index contributed by atoms with van der Waals surface area (Å²) in [4.78, 5) is 17.2. The molecule has 0 N–H and O–H groups in total. The van der Waals surface area contributed by atoms with Crippen molar-refractivity contribution >= 4 is 5.91 Å². The first-order valence-electron chi connectivity index (χ1n) is 9.31. The average Bonchev–Trinajstić information content (AvgIpc) is 3.34. The summed E-state index contributed by atoms with van der Waals surface area (Å²) < 4.78 is 0. The molecule has 0 spiro atoms. The summed E-state index contributed by atoms with van der Waals surface area (Å²) in [7, 11) is 0. The smallest absolute Gasteiger partial charge is 0.222 e. The van der Waals surface area contributed by atoms with Crippen molar-refractivity contribution in [3.05, 3.63) is 0 Å². The summed E-state index contributed by atoms with van der Waals surface area (Å²) in [6.45, 7) is 5.54. The Balaban J connectivity index is 1.37. The summed E-state index contributed by atoms with van der Waals surface area (Å²) in [5, 5.41) is 0. The van der Waals surface area contributed by atoms with Gasteiger partial charge >= 0.3 is 0 Å². The van der Waals surface area contributed by atoms with Crippen molar-refractivity contribution in [3.63, 3.8) is 0 Å². The molecule has 1 aliphatic heterocycles. The quantitative estimate of drug-likeness (QED) is 0.776. The fraction of sp³-hybridized carbons (Fsp3) is 0.944. The molecule has 21 heavy (non-hydrogen) atoms. The molecule has 0 radical (unpaired) electrons. The van der Waals surface area contributed by atoms with E-state index in [-0.39, 0.29) is 0 Å². The van der Waals surface area contributed by atoms with Crippen molar-refractivity contribution in [1.82, 2.24) is 9.80 Å². The minimum Gasteiger partial charge on any atom is -0.341 e. The van der Waals surface area contributed by atoms with Gasteiger partial charge in [0.2, 0.25) is 5.91 Å². The number of amides is 1. The molecule has 1 heterocycles. The molecule has 0 unspecified atom stereocenters. The summed E-state index contributed by atoms with van der Waals surface area (Å²) in [5.74, 6) is 2.23. The highest BCUT2D eigenvalue weighted by Gasteiger charge is 2.26. The minimum atomic E-state index is 0.425. The lowest BCUT2D eigenvalue weighted by Crippen LogP contribution is -2.35. The van der Waals surface area contributed by atoms with Crippen molar-refractivity contribution in [2.24, 2.45) is 11.8 Å². The van der Waals surface area contributed by atoms with E-state index in [1.807, 2.05) is 0 Å². The van der Waals surface area contributed by atoms with Crippen LogP contribution in [0.25, 0.3) is 0 Å². The molecular formula is C18H32N2O. The van der Waals surface area contributed by atoms with Crippen LogP contribution >= 0.6 is 0 Å². The Labute approximate surface area is 130 Å². The van der Waals surface area contributed by atoms with Gasteiger partial charge in [0, 0.05) is 32.6 Å². The van der Waals surface area contributed by atoms with Crippen LogP contribution in [0.1, 0.15) is 64.2 Å². The molecule has 0 bridgehead atoms. The van der Waals surface area contributed by atoms with E-state index in [9.17, 15) is 4.79 Å². The molecule has 3 rings (SSSR count). The number of carbonyl (C=O) groups is 1. The van der Waals surface area contributed by atoms with Gasteiger partial charge in [-0.3, -0.25) is 4.79 Å². The number of hydrogen-bond acceptors (Lipinski definition) is 2. The van der Waals surface area contributed by atoms with Crippen LogP contribution in [-0.2, 0) is 4.79 Å². The zero-order valence-corrected chi connectivity index (χ0v) is 13.6. The molecule has 3 heteroatoms. The third-order valence-corrected chi connectivity index (χ3v) is 5.65. The van der Waals surface area contributed by atoms with E-state index in [0.29, 0.717) is 5.91 Å². The van der Waals surface area contributed by atoms with Crippen molar-refractivity contribution in [2.75, 3.05) is 32.7 Å². The second-order valence-electron chi connectivity index (χ2n) is 7.52. The normalized spacial score (nSPS) is 25.8. The molecule has 2 saturated carbocycles. The van der Waals surface area contributed by atoms with Gasteiger partial charge in [-0.05, 0) is 44.1 Å². The highest BCUT2D eigenvalue weighted by atomic mass is 16.2. The predicted octanol–water partition coefficient (Wildman–Crippen LogP) is 3.29. The van der Waals surface area contributed by atoms with Crippen molar-refractivity contribution in [3.8, 4) is 0 Å². The summed E-state index contributed by atoms with van der Waals surface area (Å²) >= 11 is 0. The monoisotopic (exact) mass is 292 g/mol. The molecule has 1 saturated heterocycles. The summed E-state index contributed by atoms with van der Waals surface area (Å²) in [6.07, 6.45) is 12.9. The van der Waals surface area contributed by atoms with Crippen molar-refractivity contribution in [1.29, 1.82) is 0 Å². The van der Waals surface area contributed by atoms with Crippen LogP contribution in [0.15, 0.2) is 0 Å². The summed E-state index contributed by atoms with van der Waals surface area (Å²) in [6, 6.07) is 0. The lowest BCUT2D eigenvalue weighted by molar-refractivity contribution is -0.131. The van der Waals surface area contributed by atoms with Gasteiger partial charge in [-0.2, -0.15) is 0 Å². The van der Waals surface area contributed by atoms with Crippen LogP contribution in [0, 0.1) is 11.8 Å². The SMILES string of the molecule is O=C(CCC1CCCCC1)N1CCCN(CC2CC2)CC1. The maximum absolute atomic E-state index is 12.4. The lowest BCUT2D eigenvalue weighted by atomic mass is 9.86. The molecule has 3 aliphatic rings. The largest absolute Gasteiger partial charge is 0.341 e. The second kappa shape index (κ2) is 7.62.